The van der Waals surface area contributed by atoms with Gasteiger partial charge in [0.05, 0.1) is 36.3 Å². The molecule has 10 heteroatoms. The summed E-state index contributed by atoms with van der Waals surface area (Å²) in [6.07, 6.45) is 1.65. The molecule has 30 heavy (non-hydrogen) atoms. The number of benzene rings is 1. The Balaban J connectivity index is 1.65. The summed E-state index contributed by atoms with van der Waals surface area (Å²) in [6, 6.07) is 8.16. The van der Waals surface area contributed by atoms with E-state index in [0.29, 0.717) is 19.0 Å². The molecule has 2 aromatic heterocycles. The number of halogens is 2. The van der Waals surface area contributed by atoms with Crippen molar-refractivity contribution in [2.24, 2.45) is 0 Å². The van der Waals surface area contributed by atoms with Gasteiger partial charge < -0.3 is 20.1 Å². The molecule has 154 valence electrons. The molecular weight excluding hydrogens is 396 g/mol. The smallest absolute Gasteiger partial charge is 0.358 e. The van der Waals surface area contributed by atoms with Crippen LogP contribution in [0.1, 0.15) is 10.5 Å². The summed E-state index contributed by atoms with van der Waals surface area (Å²) in [5.41, 5.74) is 0.00394. The highest BCUT2D eigenvalue weighted by Gasteiger charge is 2.19. The maximum Gasteiger partial charge on any atom is 0.358 e. The Morgan fingerprint density at radius 3 is 2.47 bits per heavy atom. The molecule has 0 amide bonds. The molecular formula is C20H17F2N5O3. The number of anilines is 3. The fourth-order valence-electron chi connectivity index (χ4n) is 3.12. The predicted octanol–water partition coefficient (Wildman–Crippen LogP) is 3.10. The minimum absolute atomic E-state index is 0.0155. The number of hydrogen-bond acceptors (Lipinski definition) is 7. The van der Waals surface area contributed by atoms with Crippen LogP contribution in [0.25, 0.3) is 11.3 Å². The molecule has 1 saturated heterocycles. The van der Waals surface area contributed by atoms with Gasteiger partial charge in [0.15, 0.2) is 5.69 Å². The molecule has 0 aliphatic carbocycles. The maximum absolute atomic E-state index is 14.1. The van der Waals surface area contributed by atoms with Crippen LogP contribution in [0.5, 0.6) is 0 Å². The first-order valence-electron chi connectivity index (χ1n) is 9.14. The largest absolute Gasteiger partial charge is 0.476 e. The molecule has 1 fully saturated rings. The van der Waals surface area contributed by atoms with E-state index in [-0.39, 0.29) is 16.9 Å². The van der Waals surface area contributed by atoms with Crippen molar-refractivity contribution < 1.29 is 23.4 Å². The number of carboxylic acids is 1. The number of carboxylic acid groups (broad SMARTS) is 1. The molecule has 0 saturated carbocycles. The fraction of sp³-hybridized carbons (Fsp3) is 0.200. The Bertz CT molecular complexity index is 1050. The SMILES string of the molecule is O=C(O)c1nnc(-c2c(F)cccc2F)cc1Nc1ccc(N2CCOCC2)cn1. The highest BCUT2D eigenvalue weighted by molar-refractivity contribution is 5.93. The molecule has 1 aliphatic rings. The highest BCUT2D eigenvalue weighted by Crippen LogP contribution is 2.28. The zero-order valence-electron chi connectivity index (χ0n) is 15.7. The van der Waals surface area contributed by atoms with Crippen molar-refractivity contribution in [2.75, 3.05) is 36.5 Å². The van der Waals surface area contributed by atoms with Gasteiger partial charge >= 0.3 is 5.97 Å². The van der Waals surface area contributed by atoms with Crippen molar-refractivity contribution in [3.63, 3.8) is 0 Å². The Morgan fingerprint density at radius 2 is 1.83 bits per heavy atom. The van der Waals surface area contributed by atoms with E-state index in [1.54, 1.807) is 12.3 Å². The van der Waals surface area contributed by atoms with E-state index < -0.39 is 23.3 Å². The van der Waals surface area contributed by atoms with Crippen molar-refractivity contribution in [1.29, 1.82) is 0 Å². The number of aromatic carboxylic acids is 1. The van der Waals surface area contributed by atoms with Crippen LogP contribution < -0.4 is 10.2 Å². The summed E-state index contributed by atoms with van der Waals surface area (Å²) < 4.78 is 33.5. The van der Waals surface area contributed by atoms with Crippen LogP contribution >= 0.6 is 0 Å². The van der Waals surface area contributed by atoms with Crippen molar-refractivity contribution in [1.82, 2.24) is 15.2 Å². The number of nitrogens with one attached hydrogen (secondary N) is 1. The second-order valence-corrected chi connectivity index (χ2v) is 6.52. The first-order valence-corrected chi connectivity index (χ1v) is 9.14. The molecule has 0 spiro atoms. The quantitative estimate of drug-likeness (QED) is 0.658. The van der Waals surface area contributed by atoms with Gasteiger partial charge in [-0.25, -0.2) is 18.6 Å². The Morgan fingerprint density at radius 1 is 1.10 bits per heavy atom. The van der Waals surface area contributed by atoms with Gasteiger partial charge in [0.25, 0.3) is 0 Å². The van der Waals surface area contributed by atoms with Gasteiger partial charge in [0, 0.05) is 13.1 Å². The zero-order chi connectivity index (χ0) is 21.1. The van der Waals surface area contributed by atoms with Crippen molar-refractivity contribution in [3.8, 4) is 11.3 Å². The maximum atomic E-state index is 14.1. The minimum Gasteiger partial charge on any atom is -0.476 e. The summed E-state index contributed by atoms with van der Waals surface area (Å²) in [4.78, 5) is 18.0. The predicted molar refractivity (Wildman–Crippen MR) is 105 cm³/mol. The number of hydrogen-bond donors (Lipinski definition) is 2. The minimum atomic E-state index is -1.34. The van der Waals surface area contributed by atoms with Gasteiger partial charge in [0.1, 0.15) is 23.1 Å². The fourth-order valence-corrected chi connectivity index (χ4v) is 3.12. The lowest BCUT2D eigenvalue weighted by atomic mass is 10.1. The Kier molecular flexibility index (Phi) is 5.48. The van der Waals surface area contributed by atoms with E-state index in [4.69, 9.17) is 4.74 Å². The molecule has 0 bridgehead atoms. The monoisotopic (exact) mass is 413 g/mol. The topological polar surface area (TPSA) is 100 Å². The number of pyridine rings is 1. The normalized spacial score (nSPS) is 13.9. The summed E-state index contributed by atoms with van der Waals surface area (Å²) >= 11 is 0. The van der Waals surface area contributed by atoms with E-state index in [1.165, 1.54) is 12.1 Å². The summed E-state index contributed by atoms with van der Waals surface area (Å²) in [6.45, 7) is 2.78. The molecule has 0 radical (unpaired) electrons. The Hall–Kier alpha value is -3.66. The van der Waals surface area contributed by atoms with E-state index in [2.05, 4.69) is 25.4 Å². The summed E-state index contributed by atoms with van der Waals surface area (Å²) in [5, 5.41) is 19.6. The van der Waals surface area contributed by atoms with Crippen LogP contribution in [0.2, 0.25) is 0 Å². The highest BCUT2D eigenvalue weighted by atomic mass is 19.1. The zero-order valence-corrected chi connectivity index (χ0v) is 15.7. The molecule has 1 aromatic carbocycles. The van der Waals surface area contributed by atoms with E-state index in [0.717, 1.165) is 30.9 Å². The number of carbonyl (C=O) groups is 1. The molecule has 2 N–H and O–H groups in total. The van der Waals surface area contributed by atoms with Gasteiger partial charge in [-0.3, -0.25) is 0 Å². The number of morpholine rings is 1. The van der Waals surface area contributed by atoms with Crippen LogP contribution in [0.3, 0.4) is 0 Å². The first kappa shape index (κ1) is 19.6. The van der Waals surface area contributed by atoms with Gasteiger partial charge in [-0.1, -0.05) is 6.07 Å². The van der Waals surface area contributed by atoms with Crippen molar-refractivity contribution >= 4 is 23.2 Å². The number of nitrogens with zero attached hydrogens (tertiary/aromatic N) is 4. The second-order valence-electron chi connectivity index (χ2n) is 6.52. The lowest BCUT2D eigenvalue weighted by Crippen LogP contribution is -2.36. The average molecular weight is 413 g/mol. The standard InChI is InChI=1S/C20H17F2N5O3/c21-13-2-1-3-14(22)18(13)15-10-16(19(20(28)29)26-25-15)24-17-5-4-12(11-23-17)27-6-8-30-9-7-27/h1-5,10-11H,6-9H2,(H,28,29)(H,23,24,25). The molecule has 3 aromatic rings. The number of rotatable bonds is 5. The Labute approximate surface area is 170 Å². The summed E-state index contributed by atoms with van der Waals surface area (Å²) in [5.74, 6) is -2.64. The van der Waals surface area contributed by atoms with Crippen molar-refractivity contribution in [2.45, 2.75) is 0 Å². The van der Waals surface area contributed by atoms with Crippen LogP contribution in [0, 0.1) is 11.6 Å². The van der Waals surface area contributed by atoms with Crippen LogP contribution in [-0.2, 0) is 4.74 Å². The van der Waals surface area contributed by atoms with Gasteiger partial charge in [-0.05, 0) is 30.3 Å². The van der Waals surface area contributed by atoms with Crippen LogP contribution in [0.15, 0.2) is 42.6 Å². The van der Waals surface area contributed by atoms with Crippen molar-refractivity contribution in [3.05, 3.63) is 59.9 Å². The third kappa shape index (κ3) is 4.03. The van der Waals surface area contributed by atoms with E-state index in [9.17, 15) is 18.7 Å². The summed E-state index contributed by atoms with van der Waals surface area (Å²) in [7, 11) is 0. The average Bonchev–Trinajstić information content (AvgIpc) is 2.75. The lowest BCUT2D eigenvalue weighted by Gasteiger charge is -2.28. The molecule has 0 unspecified atom stereocenters. The molecule has 0 atom stereocenters. The molecule has 8 nitrogen and oxygen atoms in total. The third-order valence-electron chi connectivity index (χ3n) is 4.60. The van der Waals surface area contributed by atoms with Crippen LogP contribution in [0.4, 0.5) is 26.0 Å². The van der Waals surface area contributed by atoms with Gasteiger partial charge in [0.2, 0.25) is 0 Å². The third-order valence-corrected chi connectivity index (χ3v) is 4.60. The molecule has 1 aliphatic heterocycles. The number of aromatic nitrogens is 3. The number of ether oxygens (including phenoxy) is 1. The van der Waals surface area contributed by atoms with Crippen LogP contribution in [-0.4, -0.2) is 52.6 Å². The van der Waals surface area contributed by atoms with Gasteiger partial charge in [-0.15, -0.1) is 10.2 Å². The van der Waals surface area contributed by atoms with E-state index >= 15 is 0 Å². The first-order chi connectivity index (χ1) is 14.5. The van der Waals surface area contributed by atoms with E-state index in [1.807, 2.05) is 6.07 Å². The lowest BCUT2D eigenvalue weighted by molar-refractivity contribution is 0.0690. The second kappa shape index (κ2) is 8.37. The van der Waals surface area contributed by atoms with Gasteiger partial charge in [-0.2, -0.15) is 0 Å². The molecule has 3 heterocycles. The molecule has 4 rings (SSSR count).